The number of hydrogen-bond donors (Lipinski definition) is 4. The SMILES string of the molecule is CCCCCC1(CCCCC)OC2C3CC4(C(=O)NC(C(=O)NC(CO)CCC(=O)OC(C)(C)C)C(C)O)C(ON(Cc5ccc(C=CC(=O)OC6C(=O)OCC6(C)C)cc5)C4C(=O)O3)C2O1. The molecule has 18 heteroatoms. The number of aliphatic hydroxyl groups is 2. The van der Waals surface area contributed by atoms with Gasteiger partial charge in [-0.25, -0.2) is 9.59 Å². The third kappa shape index (κ3) is 11.9. The Balaban J connectivity index is 1.26. The first-order chi connectivity index (χ1) is 31.7. The van der Waals surface area contributed by atoms with Crippen LogP contribution in [0.2, 0.25) is 0 Å². The van der Waals surface area contributed by atoms with E-state index in [1.165, 1.54) is 18.1 Å². The van der Waals surface area contributed by atoms with Crippen LogP contribution in [0.1, 0.15) is 137 Å². The van der Waals surface area contributed by atoms with E-state index in [0.717, 1.165) is 38.5 Å². The third-order valence-corrected chi connectivity index (χ3v) is 13.2. The summed E-state index contributed by atoms with van der Waals surface area (Å²) in [7, 11) is 0. The molecule has 1 aromatic carbocycles. The predicted octanol–water partition coefficient (Wildman–Crippen LogP) is 4.10. The Morgan fingerprint density at radius 3 is 2.19 bits per heavy atom. The van der Waals surface area contributed by atoms with Gasteiger partial charge < -0.3 is 49.3 Å². The summed E-state index contributed by atoms with van der Waals surface area (Å²) in [6.45, 7) is 13.9. The van der Waals surface area contributed by atoms with Gasteiger partial charge in [0.1, 0.15) is 48.1 Å². The van der Waals surface area contributed by atoms with Gasteiger partial charge in [0.15, 0.2) is 11.8 Å². The topological polar surface area (TPSA) is 235 Å². The molecule has 6 rings (SSSR count). The molecule has 1 saturated carbocycles. The number of nitrogens with zero attached hydrogens (tertiary/aromatic N) is 1. The first-order valence-electron chi connectivity index (χ1n) is 23.9. The van der Waals surface area contributed by atoms with Gasteiger partial charge in [0.25, 0.3) is 0 Å². The standard InChI is InChI=1S/C49H71N3O15/c1-9-11-13-23-48(24-14-12-10-2)65-37-33-25-49(45(60)51-36(29(3)54)42(57)50-32(27-53)20-22-35(56)64-46(4,5)6)39(43(58)62-33)52(67-40(49)38(37)66-48)26-31-17-15-30(16-18-31)19-21-34(55)63-41-44(59)61-28-47(41,7)8/h15-19,21,29,32-33,36-41,53-54H,9-14,20,22-28H2,1-8H3,(H,50,57)(H,51,60). The maximum atomic E-state index is 15.2. The molecule has 0 radical (unpaired) electrons. The minimum Gasteiger partial charge on any atom is -0.462 e. The van der Waals surface area contributed by atoms with Gasteiger partial charge in [0.05, 0.1) is 25.3 Å². The largest absolute Gasteiger partial charge is 0.462 e. The van der Waals surface area contributed by atoms with E-state index < -0.39 is 119 Å². The fraction of sp³-hybridized carbons (Fsp3) is 0.714. The number of esters is 4. The number of amides is 2. The zero-order chi connectivity index (χ0) is 48.9. The molecule has 5 fully saturated rings. The van der Waals surface area contributed by atoms with Gasteiger partial charge in [-0.2, -0.15) is 5.06 Å². The molecule has 10 atom stereocenters. The molecule has 18 nitrogen and oxygen atoms in total. The number of ether oxygens (including phenoxy) is 6. The first-order valence-corrected chi connectivity index (χ1v) is 23.9. The zero-order valence-electron chi connectivity index (χ0n) is 40.2. The molecular formula is C49H71N3O15. The van der Waals surface area contributed by atoms with Crippen molar-refractivity contribution in [2.45, 2.75) is 199 Å². The summed E-state index contributed by atoms with van der Waals surface area (Å²) in [5, 5.41) is 28.0. The van der Waals surface area contributed by atoms with Crippen LogP contribution >= 0.6 is 0 Å². The van der Waals surface area contributed by atoms with Crippen LogP contribution in [0.5, 0.6) is 0 Å². The number of hydroxylamine groups is 2. The normalized spacial score (nSPS) is 28.5. The summed E-state index contributed by atoms with van der Waals surface area (Å²) in [5.74, 6) is -5.10. The molecule has 2 amide bonds. The highest BCUT2D eigenvalue weighted by Crippen LogP contribution is 2.58. The molecule has 10 unspecified atom stereocenters. The van der Waals surface area contributed by atoms with E-state index in [-0.39, 0.29) is 32.4 Å². The van der Waals surface area contributed by atoms with Crippen molar-refractivity contribution >= 4 is 41.8 Å². The monoisotopic (exact) mass is 941 g/mol. The lowest BCUT2D eigenvalue weighted by Gasteiger charge is -2.49. The Hall–Kier alpha value is -4.46. The van der Waals surface area contributed by atoms with Crippen molar-refractivity contribution in [3.63, 3.8) is 0 Å². The quantitative estimate of drug-likeness (QED) is 0.0555. The number of unbranched alkanes of at least 4 members (excludes halogenated alkanes) is 4. The van der Waals surface area contributed by atoms with Crippen molar-refractivity contribution in [3.8, 4) is 0 Å². The molecule has 4 heterocycles. The number of carbonyl (C=O) groups excluding carboxylic acids is 6. The molecule has 4 aliphatic heterocycles. The van der Waals surface area contributed by atoms with Gasteiger partial charge in [-0.1, -0.05) is 77.6 Å². The highest BCUT2D eigenvalue weighted by atomic mass is 16.8. The van der Waals surface area contributed by atoms with Crippen molar-refractivity contribution < 1.29 is 72.2 Å². The fourth-order valence-electron chi connectivity index (χ4n) is 9.73. The lowest BCUT2D eigenvalue weighted by Crippen LogP contribution is -2.71. The van der Waals surface area contributed by atoms with Crippen LogP contribution in [-0.4, -0.2) is 130 Å². The number of rotatable bonds is 22. The van der Waals surface area contributed by atoms with E-state index in [0.29, 0.717) is 24.0 Å². The van der Waals surface area contributed by atoms with E-state index in [4.69, 9.17) is 33.3 Å². The Morgan fingerprint density at radius 1 is 0.955 bits per heavy atom. The zero-order valence-corrected chi connectivity index (χ0v) is 40.2. The van der Waals surface area contributed by atoms with Crippen molar-refractivity contribution in [2.24, 2.45) is 10.8 Å². The van der Waals surface area contributed by atoms with Crippen LogP contribution in [-0.2, 0) is 68.6 Å². The lowest BCUT2D eigenvalue weighted by molar-refractivity contribution is -0.224. The Kier molecular flexibility index (Phi) is 16.6. The highest BCUT2D eigenvalue weighted by molar-refractivity contribution is 5.96. The number of nitrogens with one attached hydrogen (secondary N) is 2. The average molecular weight is 942 g/mol. The van der Waals surface area contributed by atoms with Crippen molar-refractivity contribution in [3.05, 3.63) is 41.5 Å². The maximum Gasteiger partial charge on any atom is 0.348 e. The second-order valence-electron chi connectivity index (χ2n) is 20.4. The number of benzene rings is 1. The molecule has 67 heavy (non-hydrogen) atoms. The number of hydrogen-bond acceptors (Lipinski definition) is 16. The third-order valence-electron chi connectivity index (χ3n) is 13.2. The molecule has 0 aromatic heterocycles. The van der Waals surface area contributed by atoms with Crippen LogP contribution in [0, 0.1) is 10.8 Å². The molecule has 0 spiro atoms. The lowest BCUT2D eigenvalue weighted by atomic mass is 9.62. The smallest absolute Gasteiger partial charge is 0.348 e. The second kappa shape index (κ2) is 21.5. The van der Waals surface area contributed by atoms with E-state index in [9.17, 15) is 34.2 Å². The number of aliphatic hydroxyl groups excluding tert-OH is 2. The second-order valence-corrected chi connectivity index (χ2v) is 20.4. The highest BCUT2D eigenvalue weighted by Gasteiger charge is 2.76. The first kappa shape index (κ1) is 51.9. The maximum absolute atomic E-state index is 15.2. The summed E-state index contributed by atoms with van der Waals surface area (Å²) < 4.78 is 35.8. The number of carbonyl (C=O) groups is 6. The Morgan fingerprint density at radius 2 is 1.61 bits per heavy atom. The molecule has 2 bridgehead atoms. The van der Waals surface area contributed by atoms with E-state index in [1.54, 1.807) is 65.0 Å². The van der Waals surface area contributed by atoms with E-state index >= 15 is 4.79 Å². The van der Waals surface area contributed by atoms with Gasteiger partial charge in [0, 0.05) is 37.2 Å². The summed E-state index contributed by atoms with van der Waals surface area (Å²) in [4.78, 5) is 87.4. The van der Waals surface area contributed by atoms with Gasteiger partial charge in [0.2, 0.25) is 17.9 Å². The fourth-order valence-corrected chi connectivity index (χ4v) is 9.73. The van der Waals surface area contributed by atoms with E-state index in [2.05, 4.69) is 24.5 Å². The van der Waals surface area contributed by atoms with Crippen LogP contribution in [0.25, 0.3) is 6.08 Å². The van der Waals surface area contributed by atoms with Gasteiger partial charge in [-0.15, -0.1) is 0 Å². The van der Waals surface area contributed by atoms with Crippen LogP contribution < -0.4 is 10.6 Å². The molecular weight excluding hydrogens is 871 g/mol. The van der Waals surface area contributed by atoms with Crippen LogP contribution in [0.15, 0.2) is 30.3 Å². The molecule has 1 aliphatic carbocycles. The molecule has 4 saturated heterocycles. The summed E-state index contributed by atoms with van der Waals surface area (Å²) in [6, 6.07) is 3.28. The minimum absolute atomic E-state index is 0.00735. The average Bonchev–Trinajstić information content (AvgIpc) is 3.90. The van der Waals surface area contributed by atoms with Gasteiger partial charge in [-0.3, -0.25) is 24.0 Å². The molecule has 4 N–H and O–H groups in total. The van der Waals surface area contributed by atoms with Crippen molar-refractivity contribution in [1.29, 1.82) is 0 Å². The molecule has 5 aliphatic rings. The van der Waals surface area contributed by atoms with Crippen molar-refractivity contribution in [1.82, 2.24) is 15.7 Å². The van der Waals surface area contributed by atoms with Crippen LogP contribution in [0.3, 0.4) is 0 Å². The van der Waals surface area contributed by atoms with Crippen LogP contribution in [0.4, 0.5) is 0 Å². The minimum atomic E-state index is -1.68. The Labute approximate surface area is 393 Å². The van der Waals surface area contributed by atoms with Gasteiger partial charge >= 0.3 is 23.9 Å². The Bertz CT molecular complexity index is 1970. The summed E-state index contributed by atoms with van der Waals surface area (Å²) in [5.41, 5.74) is -1.75. The van der Waals surface area contributed by atoms with Gasteiger partial charge in [-0.05, 0) is 64.2 Å². The summed E-state index contributed by atoms with van der Waals surface area (Å²) in [6.07, 6.45) is 3.31. The van der Waals surface area contributed by atoms with E-state index in [1.807, 2.05) is 0 Å². The molecule has 372 valence electrons. The molecule has 1 aromatic rings. The number of cyclic esters (lactones) is 1. The summed E-state index contributed by atoms with van der Waals surface area (Å²) >= 11 is 0. The predicted molar refractivity (Wildman–Crippen MR) is 240 cm³/mol. The van der Waals surface area contributed by atoms with Crippen molar-refractivity contribution in [2.75, 3.05) is 13.2 Å². The number of fused-ring (bicyclic) bond motifs is 4.